The monoisotopic (exact) mass is 596 g/mol. The first-order chi connectivity index (χ1) is 19.9. The summed E-state index contributed by atoms with van der Waals surface area (Å²) in [5.74, 6) is -0.158. The highest BCUT2D eigenvalue weighted by atomic mass is 19.4. The molecule has 42 heavy (non-hydrogen) atoms. The molecule has 1 saturated heterocycles. The van der Waals surface area contributed by atoms with Gasteiger partial charge in [-0.2, -0.15) is 26.3 Å². The third kappa shape index (κ3) is 8.39. The van der Waals surface area contributed by atoms with Crippen LogP contribution in [0.5, 0.6) is 11.5 Å². The molecule has 4 rings (SSSR count). The Morgan fingerprint density at radius 3 is 2.10 bits per heavy atom. The van der Waals surface area contributed by atoms with Crippen molar-refractivity contribution in [2.45, 2.75) is 25.5 Å². The SMILES string of the molecule is COc1ccc(CN(CCN2CCOCC2)C(=O)c2cc(C(F)(F)F)cc(C(F)(F)F)c2)cc1OCc1ccccc1. The van der Waals surface area contributed by atoms with E-state index in [1.54, 1.807) is 18.2 Å². The molecule has 0 aliphatic carbocycles. The van der Waals surface area contributed by atoms with Gasteiger partial charge in [0.05, 0.1) is 31.5 Å². The molecule has 6 nitrogen and oxygen atoms in total. The Balaban J connectivity index is 1.64. The molecule has 1 aliphatic heterocycles. The fourth-order valence-corrected chi connectivity index (χ4v) is 4.49. The van der Waals surface area contributed by atoms with Crippen LogP contribution >= 0.6 is 0 Å². The van der Waals surface area contributed by atoms with Crippen molar-refractivity contribution in [3.05, 3.63) is 94.5 Å². The van der Waals surface area contributed by atoms with Gasteiger partial charge in [0, 0.05) is 38.3 Å². The Morgan fingerprint density at radius 2 is 1.50 bits per heavy atom. The largest absolute Gasteiger partial charge is 0.493 e. The van der Waals surface area contributed by atoms with Crippen LogP contribution in [0.2, 0.25) is 0 Å². The number of methoxy groups -OCH3 is 1. The summed E-state index contributed by atoms with van der Waals surface area (Å²) < 4.78 is 97.7. The van der Waals surface area contributed by atoms with Crippen molar-refractivity contribution in [3.63, 3.8) is 0 Å². The number of nitrogens with zero attached hydrogens (tertiary/aromatic N) is 2. The number of morpholine rings is 1. The standard InChI is InChI=1S/C30H30F6N2O4/c1-40-26-8-7-22(15-27(26)42-20-21-5-3-2-4-6-21)19-38(10-9-37-11-13-41-14-12-37)28(39)23-16-24(29(31,32)33)18-25(17-23)30(34,35)36/h2-8,15-18H,9-14,19-20H2,1H3. The fourth-order valence-electron chi connectivity index (χ4n) is 4.49. The number of carbonyl (C=O) groups is 1. The van der Waals surface area contributed by atoms with Crippen LogP contribution in [0, 0.1) is 0 Å². The van der Waals surface area contributed by atoms with Crippen LogP contribution in [-0.2, 0) is 30.2 Å². The molecule has 0 bridgehead atoms. The second kappa shape index (κ2) is 13.5. The number of ether oxygens (including phenoxy) is 3. The summed E-state index contributed by atoms with van der Waals surface area (Å²) in [6.07, 6.45) is -10.1. The van der Waals surface area contributed by atoms with E-state index in [0.29, 0.717) is 62.0 Å². The number of benzene rings is 3. The van der Waals surface area contributed by atoms with Crippen molar-refractivity contribution in [1.82, 2.24) is 9.80 Å². The number of hydrogen-bond donors (Lipinski definition) is 0. The minimum atomic E-state index is -5.07. The molecule has 1 heterocycles. The summed E-state index contributed by atoms with van der Waals surface area (Å²) in [5.41, 5.74) is -2.34. The van der Waals surface area contributed by atoms with Gasteiger partial charge >= 0.3 is 12.4 Å². The molecule has 3 aromatic rings. The van der Waals surface area contributed by atoms with E-state index < -0.39 is 35.0 Å². The van der Waals surface area contributed by atoms with E-state index in [9.17, 15) is 31.1 Å². The molecule has 1 amide bonds. The van der Waals surface area contributed by atoms with Gasteiger partial charge in [0.1, 0.15) is 6.61 Å². The Bertz CT molecular complexity index is 1310. The maximum absolute atomic E-state index is 13.6. The van der Waals surface area contributed by atoms with Gasteiger partial charge in [-0.1, -0.05) is 36.4 Å². The van der Waals surface area contributed by atoms with Crippen molar-refractivity contribution in [2.75, 3.05) is 46.5 Å². The summed E-state index contributed by atoms with van der Waals surface area (Å²) in [7, 11) is 1.47. The lowest BCUT2D eigenvalue weighted by atomic mass is 10.0. The quantitative estimate of drug-likeness (QED) is 0.258. The number of amides is 1. The third-order valence-electron chi connectivity index (χ3n) is 6.75. The van der Waals surface area contributed by atoms with Crippen LogP contribution in [0.25, 0.3) is 0 Å². The zero-order valence-electron chi connectivity index (χ0n) is 22.8. The van der Waals surface area contributed by atoms with Crippen LogP contribution in [-0.4, -0.2) is 62.2 Å². The molecule has 3 aromatic carbocycles. The molecule has 0 radical (unpaired) electrons. The smallest absolute Gasteiger partial charge is 0.416 e. The molecule has 226 valence electrons. The highest BCUT2D eigenvalue weighted by Gasteiger charge is 2.38. The average Bonchev–Trinajstić information content (AvgIpc) is 2.98. The minimum Gasteiger partial charge on any atom is -0.493 e. The van der Waals surface area contributed by atoms with E-state index in [1.807, 2.05) is 35.2 Å². The molecule has 0 unspecified atom stereocenters. The molecule has 0 aromatic heterocycles. The maximum Gasteiger partial charge on any atom is 0.416 e. The van der Waals surface area contributed by atoms with Gasteiger partial charge in [0.15, 0.2) is 11.5 Å². The molecule has 12 heteroatoms. The summed E-state index contributed by atoms with van der Waals surface area (Å²) >= 11 is 0. The fraction of sp³-hybridized carbons (Fsp3) is 0.367. The van der Waals surface area contributed by atoms with Crippen molar-refractivity contribution < 1.29 is 45.3 Å². The van der Waals surface area contributed by atoms with Crippen LogP contribution in [0.4, 0.5) is 26.3 Å². The van der Waals surface area contributed by atoms with Gasteiger partial charge in [0.25, 0.3) is 5.91 Å². The Morgan fingerprint density at radius 1 is 0.857 bits per heavy atom. The normalized spacial score (nSPS) is 14.5. The maximum atomic E-state index is 13.6. The first-order valence-corrected chi connectivity index (χ1v) is 13.2. The molecular formula is C30H30F6N2O4. The highest BCUT2D eigenvalue weighted by Crippen LogP contribution is 2.37. The van der Waals surface area contributed by atoms with Crippen LogP contribution in [0.15, 0.2) is 66.7 Å². The van der Waals surface area contributed by atoms with Crippen molar-refractivity contribution in [2.24, 2.45) is 0 Å². The van der Waals surface area contributed by atoms with Crippen molar-refractivity contribution >= 4 is 5.91 Å². The molecule has 0 saturated carbocycles. The predicted molar refractivity (Wildman–Crippen MR) is 142 cm³/mol. The summed E-state index contributed by atoms with van der Waals surface area (Å²) in [6.45, 7) is 2.69. The lowest BCUT2D eigenvalue weighted by molar-refractivity contribution is -0.143. The Kier molecular flexibility index (Phi) is 10.00. The molecule has 0 atom stereocenters. The van der Waals surface area contributed by atoms with E-state index >= 15 is 0 Å². The zero-order valence-corrected chi connectivity index (χ0v) is 22.8. The van der Waals surface area contributed by atoms with E-state index in [-0.39, 0.29) is 25.8 Å². The predicted octanol–water partition coefficient (Wildman–Crippen LogP) is 6.29. The van der Waals surface area contributed by atoms with Crippen molar-refractivity contribution in [3.8, 4) is 11.5 Å². The lowest BCUT2D eigenvalue weighted by Crippen LogP contribution is -2.43. The van der Waals surface area contributed by atoms with Gasteiger partial charge < -0.3 is 19.1 Å². The van der Waals surface area contributed by atoms with Crippen LogP contribution < -0.4 is 9.47 Å². The lowest BCUT2D eigenvalue weighted by Gasteiger charge is -2.30. The topological polar surface area (TPSA) is 51.2 Å². The minimum absolute atomic E-state index is 0.00861. The van der Waals surface area contributed by atoms with E-state index in [1.165, 1.54) is 12.0 Å². The first kappa shape index (κ1) is 31.2. The van der Waals surface area contributed by atoms with Crippen LogP contribution in [0.3, 0.4) is 0 Å². The van der Waals surface area contributed by atoms with Crippen LogP contribution in [0.1, 0.15) is 32.6 Å². The second-order valence-corrected chi connectivity index (χ2v) is 9.73. The number of halogens is 6. The highest BCUT2D eigenvalue weighted by molar-refractivity contribution is 5.94. The Labute approximate surface area is 239 Å². The average molecular weight is 597 g/mol. The Hall–Kier alpha value is -3.77. The van der Waals surface area contributed by atoms with E-state index in [0.717, 1.165) is 5.56 Å². The van der Waals surface area contributed by atoms with Gasteiger partial charge in [-0.25, -0.2) is 0 Å². The molecular weight excluding hydrogens is 566 g/mol. The van der Waals surface area contributed by atoms with Crippen molar-refractivity contribution in [1.29, 1.82) is 0 Å². The molecule has 1 aliphatic rings. The summed E-state index contributed by atoms with van der Waals surface area (Å²) in [6, 6.07) is 15.2. The summed E-state index contributed by atoms with van der Waals surface area (Å²) in [4.78, 5) is 16.8. The summed E-state index contributed by atoms with van der Waals surface area (Å²) in [5, 5.41) is 0. The van der Waals surface area contributed by atoms with Gasteiger partial charge in [-0.05, 0) is 41.5 Å². The number of hydrogen-bond acceptors (Lipinski definition) is 5. The van der Waals surface area contributed by atoms with Gasteiger partial charge in [0.2, 0.25) is 0 Å². The first-order valence-electron chi connectivity index (χ1n) is 13.2. The number of alkyl halides is 6. The second-order valence-electron chi connectivity index (χ2n) is 9.73. The molecule has 1 fully saturated rings. The van der Waals surface area contributed by atoms with E-state index in [2.05, 4.69) is 0 Å². The number of rotatable bonds is 10. The molecule has 0 spiro atoms. The molecule has 0 N–H and O–H groups in total. The van der Waals surface area contributed by atoms with Gasteiger partial charge in [-0.15, -0.1) is 0 Å². The zero-order chi connectivity index (χ0) is 30.3. The van der Waals surface area contributed by atoms with E-state index in [4.69, 9.17) is 14.2 Å². The number of carbonyl (C=O) groups excluding carboxylic acids is 1. The van der Waals surface area contributed by atoms with Gasteiger partial charge in [-0.3, -0.25) is 9.69 Å². The third-order valence-corrected chi connectivity index (χ3v) is 6.75.